The maximum absolute atomic E-state index is 12.1. The van der Waals surface area contributed by atoms with E-state index in [1.807, 2.05) is 31.2 Å². The molecule has 0 saturated carbocycles. The van der Waals surface area contributed by atoms with Crippen molar-refractivity contribution in [2.45, 2.75) is 13.8 Å². The number of carboxylic acids is 1. The Kier molecular flexibility index (Phi) is 4.37. The van der Waals surface area contributed by atoms with Crippen molar-refractivity contribution in [1.29, 1.82) is 0 Å². The van der Waals surface area contributed by atoms with E-state index < -0.39 is 17.8 Å². The number of hydrogen-bond donors (Lipinski definition) is 2. The predicted octanol–water partition coefficient (Wildman–Crippen LogP) is 2.10. The van der Waals surface area contributed by atoms with Crippen LogP contribution in [0.15, 0.2) is 35.1 Å². The Bertz CT molecular complexity index is 646. The first-order valence-electron chi connectivity index (χ1n) is 6.50. The Balaban J connectivity index is 2.14. The summed E-state index contributed by atoms with van der Waals surface area (Å²) in [6, 6.07) is 7.50. The summed E-state index contributed by atoms with van der Waals surface area (Å²) in [7, 11) is 0. The predicted molar refractivity (Wildman–Crippen MR) is 75.8 cm³/mol. The third kappa shape index (κ3) is 3.47. The van der Waals surface area contributed by atoms with Crippen LogP contribution < -0.4 is 5.32 Å². The fourth-order valence-corrected chi connectivity index (χ4v) is 1.73. The van der Waals surface area contributed by atoms with Crippen LogP contribution in [0.1, 0.15) is 23.0 Å². The van der Waals surface area contributed by atoms with Crippen LogP contribution in [-0.2, 0) is 4.79 Å². The van der Waals surface area contributed by atoms with Gasteiger partial charge in [0.2, 0.25) is 0 Å². The monoisotopic (exact) mass is 288 g/mol. The highest BCUT2D eigenvalue weighted by molar-refractivity contribution is 5.97. The number of aryl methyl sites for hydroxylation is 1. The van der Waals surface area contributed by atoms with Crippen LogP contribution in [0.5, 0.6) is 0 Å². The van der Waals surface area contributed by atoms with Gasteiger partial charge in [0.1, 0.15) is 0 Å². The smallest absolute Gasteiger partial charge is 0.308 e. The normalized spacial score (nSPS) is 11.9. The molecule has 1 aromatic heterocycles. The molecule has 0 aliphatic rings. The number of rotatable bonds is 5. The van der Waals surface area contributed by atoms with Crippen LogP contribution in [0.4, 0.5) is 0 Å². The standard InChI is InChI=1S/C15H16N2O4/c1-9-3-5-11(6-4-9)13-12(17-8-21-13)14(18)16-7-10(2)15(19)20/h3-6,8,10H,7H2,1-2H3,(H,16,18)(H,19,20). The van der Waals surface area contributed by atoms with Gasteiger partial charge in [-0.3, -0.25) is 9.59 Å². The van der Waals surface area contributed by atoms with Gasteiger partial charge in [-0.05, 0) is 6.92 Å². The summed E-state index contributed by atoms with van der Waals surface area (Å²) in [5, 5.41) is 11.3. The van der Waals surface area contributed by atoms with E-state index >= 15 is 0 Å². The first kappa shape index (κ1) is 14.8. The SMILES string of the molecule is Cc1ccc(-c2ocnc2C(=O)NCC(C)C(=O)O)cc1. The second kappa shape index (κ2) is 6.21. The molecule has 0 aliphatic carbocycles. The Morgan fingerprint density at radius 1 is 1.33 bits per heavy atom. The van der Waals surface area contributed by atoms with Crippen molar-refractivity contribution in [2.24, 2.45) is 5.92 Å². The van der Waals surface area contributed by atoms with Gasteiger partial charge in [0.25, 0.3) is 5.91 Å². The quantitative estimate of drug-likeness (QED) is 0.879. The molecule has 1 amide bonds. The summed E-state index contributed by atoms with van der Waals surface area (Å²) in [4.78, 5) is 26.7. The molecule has 0 aliphatic heterocycles. The number of carbonyl (C=O) groups excluding carboxylic acids is 1. The summed E-state index contributed by atoms with van der Waals surface area (Å²) in [6.07, 6.45) is 1.20. The van der Waals surface area contributed by atoms with Crippen molar-refractivity contribution in [3.05, 3.63) is 41.9 Å². The molecule has 0 radical (unpaired) electrons. The van der Waals surface area contributed by atoms with Gasteiger partial charge in [-0.25, -0.2) is 4.98 Å². The van der Waals surface area contributed by atoms with E-state index in [1.54, 1.807) is 0 Å². The molecular weight excluding hydrogens is 272 g/mol. The van der Waals surface area contributed by atoms with Gasteiger partial charge in [0.15, 0.2) is 17.8 Å². The van der Waals surface area contributed by atoms with Gasteiger partial charge in [0.05, 0.1) is 5.92 Å². The third-order valence-electron chi connectivity index (χ3n) is 3.09. The summed E-state index contributed by atoms with van der Waals surface area (Å²) in [5.74, 6) is -1.71. The number of aromatic nitrogens is 1. The van der Waals surface area contributed by atoms with E-state index in [0.29, 0.717) is 5.76 Å². The highest BCUT2D eigenvalue weighted by Crippen LogP contribution is 2.23. The second-order valence-corrected chi connectivity index (χ2v) is 4.85. The number of carbonyl (C=O) groups is 2. The Labute approximate surface area is 121 Å². The van der Waals surface area contributed by atoms with Crippen LogP contribution in [0, 0.1) is 12.8 Å². The second-order valence-electron chi connectivity index (χ2n) is 4.85. The molecule has 6 nitrogen and oxygen atoms in total. The van der Waals surface area contributed by atoms with Gasteiger partial charge in [-0.1, -0.05) is 36.8 Å². The minimum Gasteiger partial charge on any atom is -0.481 e. The molecule has 0 fully saturated rings. The minimum absolute atomic E-state index is 0.0361. The van der Waals surface area contributed by atoms with Gasteiger partial charge in [-0.15, -0.1) is 0 Å². The molecular formula is C15H16N2O4. The topological polar surface area (TPSA) is 92.4 Å². The molecule has 2 N–H and O–H groups in total. The van der Waals surface area contributed by atoms with Crippen LogP contribution >= 0.6 is 0 Å². The molecule has 1 heterocycles. The van der Waals surface area contributed by atoms with Gasteiger partial charge in [0, 0.05) is 12.1 Å². The van der Waals surface area contributed by atoms with Crippen LogP contribution in [0.3, 0.4) is 0 Å². The molecule has 0 spiro atoms. The molecule has 110 valence electrons. The zero-order valence-electron chi connectivity index (χ0n) is 11.8. The highest BCUT2D eigenvalue weighted by atomic mass is 16.4. The molecule has 2 rings (SSSR count). The van der Waals surface area contributed by atoms with Gasteiger partial charge >= 0.3 is 5.97 Å². The van der Waals surface area contributed by atoms with E-state index in [4.69, 9.17) is 9.52 Å². The number of oxazole rings is 1. The molecule has 1 aromatic carbocycles. The van der Waals surface area contributed by atoms with Crippen molar-refractivity contribution in [1.82, 2.24) is 10.3 Å². The van der Waals surface area contributed by atoms with E-state index in [2.05, 4.69) is 10.3 Å². The lowest BCUT2D eigenvalue weighted by molar-refractivity contribution is -0.140. The molecule has 0 bridgehead atoms. The van der Waals surface area contributed by atoms with Crippen molar-refractivity contribution < 1.29 is 19.1 Å². The lowest BCUT2D eigenvalue weighted by Gasteiger charge is -2.07. The average molecular weight is 288 g/mol. The number of hydrogen-bond acceptors (Lipinski definition) is 4. The Morgan fingerprint density at radius 3 is 2.62 bits per heavy atom. The summed E-state index contributed by atoms with van der Waals surface area (Å²) in [6.45, 7) is 3.52. The van der Waals surface area contributed by atoms with Crippen molar-refractivity contribution in [3.8, 4) is 11.3 Å². The molecule has 21 heavy (non-hydrogen) atoms. The fourth-order valence-electron chi connectivity index (χ4n) is 1.73. The largest absolute Gasteiger partial charge is 0.481 e. The van der Waals surface area contributed by atoms with Crippen LogP contribution in [0.2, 0.25) is 0 Å². The zero-order chi connectivity index (χ0) is 15.4. The summed E-state index contributed by atoms with van der Waals surface area (Å²) >= 11 is 0. The first-order valence-corrected chi connectivity index (χ1v) is 6.50. The van der Waals surface area contributed by atoms with Crippen molar-refractivity contribution >= 4 is 11.9 Å². The van der Waals surface area contributed by atoms with Gasteiger partial charge in [-0.2, -0.15) is 0 Å². The van der Waals surface area contributed by atoms with Crippen LogP contribution in [0.25, 0.3) is 11.3 Å². The molecule has 1 atom stereocenters. The third-order valence-corrected chi connectivity index (χ3v) is 3.09. The molecule has 0 saturated heterocycles. The number of amides is 1. The summed E-state index contributed by atoms with van der Waals surface area (Å²) < 4.78 is 5.28. The average Bonchev–Trinajstić information content (AvgIpc) is 2.94. The molecule has 1 unspecified atom stereocenters. The van der Waals surface area contributed by atoms with Crippen molar-refractivity contribution in [3.63, 3.8) is 0 Å². The number of carboxylic acid groups (broad SMARTS) is 1. The lowest BCUT2D eigenvalue weighted by Crippen LogP contribution is -2.31. The summed E-state index contributed by atoms with van der Waals surface area (Å²) in [5.41, 5.74) is 1.99. The molecule has 6 heteroatoms. The number of benzene rings is 1. The zero-order valence-corrected chi connectivity index (χ0v) is 11.8. The van der Waals surface area contributed by atoms with E-state index in [0.717, 1.165) is 11.1 Å². The van der Waals surface area contributed by atoms with E-state index in [1.165, 1.54) is 13.3 Å². The minimum atomic E-state index is -0.964. The number of nitrogens with one attached hydrogen (secondary N) is 1. The first-order chi connectivity index (χ1) is 9.99. The Morgan fingerprint density at radius 2 is 2.00 bits per heavy atom. The van der Waals surface area contributed by atoms with Crippen molar-refractivity contribution in [2.75, 3.05) is 6.54 Å². The van der Waals surface area contributed by atoms with Crippen LogP contribution in [-0.4, -0.2) is 28.5 Å². The number of nitrogens with zero attached hydrogens (tertiary/aromatic N) is 1. The molecule has 2 aromatic rings. The van der Waals surface area contributed by atoms with E-state index in [-0.39, 0.29) is 12.2 Å². The number of aliphatic carboxylic acids is 1. The maximum Gasteiger partial charge on any atom is 0.308 e. The van der Waals surface area contributed by atoms with E-state index in [9.17, 15) is 9.59 Å². The lowest BCUT2D eigenvalue weighted by atomic mass is 10.1. The maximum atomic E-state index is 12.1. The van der Waals surface area contributed by atoms with Gasteiger partial charge < -0.3 is 14.8 Å². The Hall–Kier alpha value is -2.63. The highest BCUT2D eigenvalue weighted by Gasteiger charge is 2.19. The fraction of sp³-hybridized carbons (Fsp3) is 0.267.